The molecule has 64 valence electrons. The van der Waals surface area contributed by atoms with Crippen LogP contribution in [0.25, 0.3) is 0 Å². The van der Waals surface area contributed by atoms with Gasteiger partial charge in [-0.05, 0) is 19.3 Å². The van der Waals surface area contributed by atoms with E-state index in [9.17, 15) is 4.79 Å². The molecule has 1 aliphatic carbocycles. The van der Waals surface area contributed by atoms with Crippen molar-refractivity contribution < 1.29 is 9.90 Å². The van der Waals surface area contributed by atoms with Crippen molar-refractivity contribution in [3.63, 3.8) is 0 Å². The van der Waals surface area contributed by atoms with E-state index in [1.165, 1.54) is 0 Å². The predicted octanol–water partition coefficient (Wildman–Crippen LogP) is 0.979. The van der Waals surface area contributed by atoms with Crippen LogP contribution in [0.5, 0.6) is 0 Å². The quantitative estimate of drug-likeness (QED) is 0.558. The molecule has 0 amide bonds. The fourth-order valence-corrected chi connectivity index (χ4v) is 1.62. The summed E-state index contributed by atoms with van der Waals surface area (Å²) in [4.78, 5) is 10.6. The van der Waals surface area contributed by atoms with Gasteiger partial charge < -0.3 is 10.8 Å². The summed E-state index contributed by atoms with van der Waals surface area (Å²) in [6, 6.07) is 0.110. The molecule has 0 bridgehead atoms. The first kappa shape index (κ1) is 8.53. The molecular weight excluding hydrogens is 142 g/mol. The Labute approximate surface area is 66.6 Å². The minimum absolute atomic E-state index is 0.110. The van der Waals surface area contributed by atoms with E-state index in [4.69, 9.17) is 10.8 Å². The molecule has 1 fully saturated rings. The summed E-state index contributed by atoms with van der Waals surface area (Å²) in [6.07, 6.45) is 4.57. The summed E-state index contributed by atoms with van der Waals surface area (Å²) in [5.41, 5.74) is 5.70. The van der Waals surface area contributed by atoms with Crippen molar-refractivity contribution in [3.8, 4) is 0 Å². The second kappa shape index (κ2) is 3.72. The van der Waals surface area contributed by atoms with Crippen LogP contribution in [-0.4, -0.2) is 17.1 Å². The summed E-state index contributed by atoms with van der Waals surface area (Å²) < 4.78 is 0. The van der Waals surface area contributed by atoms with Crippen molar-refractivity contribution in [2.75, 3.05) is 0 Å². The van der Waals surface area contributed by atoms with E-state index < -0.39 is 5.97 Å². The molecule has 0 heterocycles. The first-order valence-electron chi connectivity index (χ1n) is 4.18. The van der Waals surface area contributed by atoms with Gasteiger partial charge in [0.1, 0.15) is 0 Å². The van der Waals surface area contributed by atoms with Gasteiger partial charge in [0.15, 0.2) is 0 Å². The lowest BCUT2D eigenvalue weighted by atomic mass is 9.99. The zero-order chi connectivity index (χ0) is 8.27. The van der Waals surface area contributed by atoms with Crippen molar-refractivity contribution in [2.45, 2.75) is 38.1 Å². The van der Waals surface area contributed by atoms with Gasteiger partial charge in [-0.25, -0.2) is 0 Å². The highest BCUT2D eigenvalue weighted by atomic mass is 16.4. The molecule has 3 N–H and O–H groups in total. The fraction of sp³-hybridized carbons (Fsp3) is 0.875. The number of carboxylic acids is 1. The molecule has 0 aliphatic heterocycles. The Hall–Kier alpha value is -0.570. The summed E-state index contributed by atoms with van der Waals surface area (Å²) in [5, 5.41) is 8.73. The Bertz CT molecular complexity index is 147. The maximum Gasteiger partial charge on any atom is 0.306 e. The van der Waals surface area contributed by atoms with E-state index >= 15 is 0 Å². The highest BCUT2D eigenvalue weighted by molar-refractivity contribution is 5.70. The number of rotatable bonds is 1. The number of aliphatic carboxylic acids is 1. The minimum atomic E-state index is -0.678. The molecule has 2 atom stereocenters. The molecule has 3 heteroatoms. The van der Waals surface area contributed by atoms with Crippen LogP contribution in [0.15, 0.2) is 0 Å². The molecular formula is C8H15NO2. The second-order valence-electron chi connectivity index (χ2n) is 3.32. The zero-order valence-corrected chi connectivity index (χ0v) is 6.62. The Morgan fingerprint density at radius 3 is 2.64 bits per heavy atom. The third-order valence-corrected chi connectivity index (χ3v) is 2.31. The number of hydrogen-bond donors (Lipinski definition) is 2. The molecule has 11 heavy (non-hydrogen) atoms. The molecule has 0 aromatic heterocycles. The average molecular weight is 157 g/mol. The normalized spacial score (nSPS) is 32.8. The second-order valence-corrected chi connectivity index (χ2v) is 3.32. The van der Waals surface area contributed by atoms with Crippen molar-refractivity contribution in [1.82, 2.24) is 0 Å². The summed E-state index contributed by atoms with van der Waals surface area (Å²) in [6.45, 7) is 0. The van der Waals surface area contributed by atoms with Gasteiger partial charge >= 0.3 is 5.97 Å². The molecule has 1 rings (SSSR count). The Balaban J connectivity index is 2.45. The van der Waals surface area contributed by atoms with Crippen molar-refractivity contribution in [2.24, 2.45) is 11.7 Å². The zero-order valence-electron chi connectivity index (χ0n) is 6.62. The topological polar surface area (TPSA) is 63.3 Å². The monoisotopic (exact) mass is 157 g/mol. The van der Waals surface area contributed by atoms with Gasteiger partial charge in [0, 0.05) is 6.04 Å². The van der Waals surface area contributed by atoms with E-state index in [1.807, 2.05) is 0 Å². The SMILES string of the molecule is N[C@@H]1CCCC[C@@H](C(=O)O)C1. The fourth-order valence-electron chi connectivity index (χ4n) is 1.62. The van der Waals surface area contributed by atoms with Crippen LogP contribution in [0.3, 0.4) is 0 Å². The van der Waals surface area contributed by atoms with Crippen molar-refractivity contribution >= 4 is 5.97 Å². The Morgan fingerprint density at radius 1 is 1.36 bits per heavy atom. The molecule has 1 aliphatic rings. The largest absolute Gasteiger partial charge is 0.481 e. The summed E-state index contributed by atoms with van der Waals surface area (Å²) >= 11 is 0. The third-order valence-electron chi connectivity index (χ3n) is 2.31. The molecule has 0 radical (unpaired) electrons. The predicted molar refractivity (Wildman–Crippen MR) is 42.2 cm³/mol. The van der Waals surface area contributed by atoms with Gasteiger partial charge in [-0.1, -0.05) is 12.8 Å². The van der Waals surface area contributed by atoms with Crippen LogP contribution in [0.4, 0.5) is 0 Å². The van der Waals surface area contributed by atoms with Crippen LogP contribution < -0.4 is 5.73 Å². The smallest absolute Gasteiger partial charge is 0.306 e. The van der Waals surface area contributed by atoms with Crippen LogP contribution in [0, 0.1) is 5.92 Å². The van der Waals surface area contributed by atoms with Gasteiger partial charge in [0.2, 0.25) is 0 Å². The van der Waals surface area contributed by atoms with E-state index in [1.54, 1.807) is 0 Å². The van der Waals surface area contributed by atoms with Crippen LogP contribution >= 0.6 is 0 Å². The highest BCUT2D eigenvalue weighted by Crippen LogP contribution is 2.22. The number of carbonyl (C=O) groups is 1. The van der Waals surface area contributed by atoms with Crippen molar-refractivity contribution in [3.05, 3.63) is 0 Å². The average Bonchev–Trinajstić information content (AvgIpc) is 2.13. The van der Waals surface area contributed by atoms with Gasteiger partial charge in [0.25, 0.3) is 0 Å². The van der Waals surface area contributed by atoms with Crippen LogP contribution in [-0.2, 0) is 4.79 Å². The van der Waals surface area contributed by atoms with Crippen LogP contribution in [0.2, 0.25) is 0 Å². The molecule has 0 spiro atoms. The van der Waals surface area contributed by atoms with Gasteiger partial charge in [0.05, 0.1) is 5.92 Å². The Morgan fingerprint density at radius 2 is 2.00 bits per heavy atom. The first-order valence-corrected chi connectivity index (χ1v) is 4.18. The number of carboxylic acid groups (broad SMARTS) is 1. The lowest BCUT2D eigenvalue weighted by Crippen LogP contribution is -2.25. The van der Waals surface area contributed by atoms with Gasteiger partial charge in [-0.3, -0.25) is 4.79 Å². The molecule has 0 aromatic carbocycles. The van der Waals surface area contributed by atoms with E-state index in [2.05, 4.69) is 0 Å². The molecule has 0 aromatic rings. The Kier molecular flexibility index (Phi) is 2.88. The molecule has 1 saturated carbocycles. The summed E-state index contributed by atoms with van der Waals surface area (Å²) in [7, 11) is 0. The summed E-state index contributed by atoms with van der Waals surface area (Å²) in [5.74, 6) is -0.866. The molecule has 0 saturated heterocycles. The lowest BCUT2D eigenvalue weighted by Gasteiger charge is -2.11. The van der Waals surface area contributed by atoms with Gasteiger partial charge in [-0.2, -0.15) is 0 Å². The maximum atomic E-state index is 10.6. The third kappa shape index (κ3) is 2.50. The van der Waals surface area contributed by atoms with E-state index in [0.717, 1.165) is 25.7 Å². The first-order chi connectivity index (χ1) is 5.20. The number of nitrogens with two attached hydrogens (primary N) is 1. The number of hydrogen-bond acceptors (Lipinski definition) is 2. The maximum absolute atomic E-state index is 10.6. The minimum Gasteiger partial charge on any atom is -0.481 e. The van der Waals surface area contributed by atoms with E-state index in [-0.39, 0.29) is 12.0 Å². The molecule has 0 unspecified atom stereocenters. The lowest BCUT2D eigenvalue weighted by molar-refractivity contribution is -0.142. The standard InChI is InChI=1S/C8H15NO2/c9-7-4-2-1-3-6(5-7)8(10)11/h6-7H,1-5,9H2,(H,10,11)/t6-,7-/m1/s1. The van der Waals surface area contributed by atoms with E-state index in [0.29, 0.717) is 6.42 Å². The highest BCUT2D eigenvalue weighted by Gasteiger charge is 2.22. The van der Waals surface area contributed by atoms with Crippen LogP contribution in [0.1, 0.15) is 32.1 Å². The van der Waals surface area contributed by atoms with Crippen molar-refractivity contribution in [1.29, 1.82) is 0 Å². The molecule has 3 nitrogen and oxygen atoms in total. The van der Waals surface area contributed by atoms with Gasteiger partial charge in [-0.15, -0.1) is 0 Å².